The third-order valence-corrected chi connectivity index (χ3v) is 5.54. The SMILES string of the molecule is CCOC(=O)c1c(COC(=O)C2CCN(C(=O)OC(C)(C)C)CC2)nc2ccccc2c1C. The van der Waals surface area contributed by atoms with Crippen LogP contribution in [0.4, 0.5) is 4.79 Å². The van der Waals surface area contributed by atoms with Crippen LogP contribution < -0.4 is 0 Å². The van der Waals surface area contributed by atoms with Gasteiger partial charge in [-0.1, -0.05) is 18.2 Å². The van der Waals surface area contributed by atoms with Crippen molar-refractivity contribution < 1.29 is 28.6 Å². The van der Waals surface area contributed by atoms with Crippen LogP contribution in [-0.4, -0.2) is 53.2 Å². The number of carbonyl (C=O) groups is 3. The summed E-state index contributed by atoms with van der Waals surface area (Å²) in [6.07, 6.45) is 0.615. The Bertz CT molecular complexity index is 1040. The minimum absolute atomic E-state index is 0.120. The van der Waals surface area contributed by atoms with Gasteiger partial charge in [0.25, 0.3) is 0 Å². The molecule has 1 saturated heterocycles. The van der Waals surface area contributed by atoms with Gasteiger partial charge in [-0.3, -0.25) is 4.79 Å². The number of hydrogen-bond acceptors (Lipinski definition) is 7. The highest BCUT2D eigenvalue weighted by Gasteiger charge is 2.31. The zero-order valence-corrected chi connectivity index (χ0v) is 20.0. The molecule has 0 bridgehead atoms. The number of hydrogen-bond donors (Lipinski definition) is 0. The van der Waals surface area contributed by atoms with Crippen molar-refractivity contribution in [1.82, 2.24) is 9.88 Å². The molecule has 178 valence electrons. The van der Waals surface area contributed by atoms with Crippen molar-refractivity contribution in [3.8, 4) is 0 Å². The molecule has 1 aromatic heterocycles. The summed E-state index contributed by atoms with van der Waals surface area (Å²) in [5.74, 6) is -1.16. The van der Waals surface area contributed by atoms with Crippen LogP contribution in [0.5, 0.6) is 0 Å². The summed E-state index contributed by atoms with van der Waals surface area (Å²) in [5.41, 5.74) is 1.62. The van der Waals surface area contributed by atoms with E-state index in [1.165, 1.54) is 0 Å². The quantitative estimate of drug-likeness (QED) is 0.486. The van der Waals surface area contributed by atoms with E-state index in [9.17, 15) is 14.4 Å². The lowest BCUT2D eigenvalue weighted by Gasteiger charge is -2.32. The second-order valence-electron chi connectivity index (χ2n) is 9.15. The largest absolute Gasteiger partial charge is 0.462 e. The molecule has 1 fully saturated rings. The maximum atomic E-state index is 12.7. The molecule has 0 aliphatic carbocycles. The summed E-state index contributed by atoms with van der Waals surface area (Å²) < 4.78 is 16.2. The van der Waals surface area contributed by atoms with Crippen molar-refractivity contribution in [3.05, 3.63) is 41.1 Å². The van der Waals surface area contributed by atoms with Gasteiger partial charge in [-0.15, -0.1) is 0 Å². The van der Waals surface area contributed by atoms with Crippen LogP contribution in [0.15, 0.2) is 24.3 Å². The molecule has 0 radical (unpaired) electrons. The van der Waals surface area contributed by atoms with Crippen LogP contribution in [0, 0.1) is 12.8 Å². The number of likely N-dealkylation sites (tertiary alicyclic amines) is 1. The van der Waals surface area contributed by atoms with Crippen molar-refractivity contribution in [2.45, 2.75) is 59.7 Å². The van der Waals surface area contributed by atoms with Crippen LogP contribution in [0.25, 0.3) is 10.9 Å². The predicted molar refractivity (Wildman–Crippen MR) is 123 cm³/mol. The zero-order chi connectivity index (χ0) is 24.2. The zero-order valence-electron chi connectivity index (χ0n) is 20.0. The molecule has 0 saturated carbocycles. The van der Waals surface area contributed by atoms with Crippen molar-refractivity contribution in [3.63, 3.8) is 0 Å². The Morgan fingerprint density at radius 1 is 1.09 bits per heavy atom. The molecular formula is C25H32N2O6. The fourth-order valence-electron chi connectivity index (χ4n) is 3.90. The van der Waals surface area contributed by atoms with Gasteiger partial charge >= 0.3 is 18.0 Å². The summed E-state index contributed by atoms with van der Waals surface area (Å²) in [6.45, 7) is 10.0. The lowest BCUT2D eigenvalue weighted by atomic mass is 9.97. The Labute approximate surface area is 194 Å². The fourth-order valence-corrected chi connectivity index (χ4v) is 3.90. The first-order chi connectivity index (χ1) is 15.6. The molecule has 0 atom stereocenters. The number of para-hydroxylation sites is 1. The summed E-state index contributed by atoms with van der Waals surface area (Å²) in [4.78, 5) is 43.8. The van der Waals surface area contributed by atoms with E-state index in [1.807, 2.05) is 52.0 Å². The highest BCUT2D eigenvalue weighted by Crippen LogP contribution is 2.26. The van der Waals surface area contributed by atoms with Gasteiger partial charge in [0.2, 0.25) is 0 Å². The standard InChI is InChI=1S/C25H32N2O6/c1-6-31-23(29)21-16(2)18-9-7-8-10-19(18)26-20(21)15-32-22(28)17-11-13-27(14-12-17)24(30)33-25(3,4)5/h7-10,17H,6,11-15H2,1-5H3. The Balaban J connectivity index is 1.68. The third-order valence-electron chi connectivity index (χ3n) is 5.54. The van der Waals surface area contributed by atoms with Gasteiger partial charge in [0.1, 0.15) is 12.2 Å². The Morgan fingerprint density at radius 3 is 2.39 bits per heavy atom. The predicted octanol–water partition coefficient (Wildman–Crippen LogP) is 4.41. The molecule has 1 aromatic carbocycles. The van der Waals surface area contributed by atoms with E-state index in [-0.39, 0.29) is 31.2 Å². The minimum Gasteiger partial charge on any atom is -0.462 e. The summed E-state index contributed by atoms with van der Waals surface area (Å²) in [7, 11) is 0. The first kappa shape index (κ1) is 24.5. The lowest BCUT2D eigenvalue weighted by Crippen LogP contribution is -2.43. The van der Waals surface area contributed by atoms with Gasteiger partial charge in [0.05, 0.1) is 29.3 Å². The summed E-state index contributed by atoms with van der Waals surface area (Å²) >= 11 is 0. The van der Waals surface area contributed by atoms with Crippen LogP contribution >= 0.6 is 0 Å². The summed E-state index contributed by atoms with van der Waals surface area (Å²) in [5, 5.41) is 0.852. The first-order valence-corrected chi connectivity index (χ1v) is 11.3. The number of carbonyl (C=O) groups excluding carboxylic acids is 3. The van der Waals surface area contributed by atoms with Gasteiger partial charge in [0, 0.05) is 18.5 Å². The van der Waals surface area contributed by atoms with E-state index in [4.69, 9.17) is 14.2 Å². The van der Waals surface area contributed by atoms with E-state index in [0.717, 1.165) is 16.5 Å². The number of pyridine rings is 1. The number of nitrogens with zero attached hydrogens (tertiary/aromatic N) is 2. The van der Waals surface area contributed by atoms with Crippen LogP contribution in [-0.2, 0) is 25.6 Å². The lowest BCUT2D eigenvalue weighted by molar-refractivity contribution is -0.151. The topological polar surface area (TPSA) is 95.0 Å². The molecule has 33 heavy (non-hydrogen) atoms. The first-order valence-electron chi connectivity index (χ1n) is 11.3. The van der Waals surface area contributed by atoms with Gasteiger partial charge in [-0.25, -0.2) is 14.6 Å². The number of fused-ring (bicyclic) bond motifs is 1. The monoisotopic (exact) mass is 456 g/mol. The highest BCUT2D eigenvalue weighted by atomic mass is 16.6. The number of amides is 1. The molecule has 3 rings (SSSR count). The fraction of sp³-hybridized carbons (Fsp3) is 0.520. The smallest absolute Gasteiger partial charge is 0.410 e. The highest BCUT2D eigenvalue weighted by molar-refractivity contribution is 5.98. The molecular weight excluding hydrogens is 424 g/mol. The molecule has 8 heteroatoms. The van der Waals surface area contributed by atoms with Crippen molar-refractivity contribution in [2.75, 3.05) is 19.7 Å². The minimum atomic E-state index is -0.561. The number of benzene rings is 1. The summed E-state index contributed by atoms with van der Waals surface area (Å²) in [6, 6.07) is 7.51. The van der Waals surface area contributed by atoms with Crippen LogP contribution in [0.3, 0.4) is 0 Å². The number of aryl methyl sites for hydroxylation is 1. The molecule has 0 N–H and O–H groups in total. The van der Waals surface area contributed by atoms with E-state index in [2.05, 4.69) is 4.98 Å². The second kappa shape index (κ2) is 10.2. The molecule has 1 aliphatic heterocycles. The normalized spacial score (nSPS) is 14.8. The number of ether oxygens (including phenoxy) is 3. The van der Waals surface area contributed by atoms with Gasteiger partial charge in [-0.05, 0) is 59.1 Å². The second-order valence-corrected chi connectivity index (χ2v) is 9.15. The molecule has 2 aromatic rings. The molecule has 0 unspecified atom stereocenters. The Kier molecular flexibility index (Phi) is 7.56. The van der Waals surface area contributed by atoms with Crippen molar-refractivity contribution in [1.29, 1.82) is 0 Å². The molecule has 2 heterocycles. The Morgan fingerprint density at radius 2 is 1.76 bits per heavy atom. The van der Waals surface area contributed by atoms with E-state index in [1.54, 1.807) is 11.8 Å². The average Bonchev–Trinajstić information content (AvgIpc) is 2.76. The Hall–Kier alpha value is -3.16. The maximum absolute atomic E-state index is 12.7. The number of esters is 2. The molecule has 8 nitrogen and oxygen atoms in total. The molecule has 0 spiro atoms. The molecule has 1 aliphatic rings. The van der Waals surface area contributed by atoms with Gasteiger partial charge in [-0.2, -0.15) is 0 Å². The third kappa shape index (κ3) is 6.00. The molecule has 1 amide bonds. The van der Waals surface area contributed by atoms with Crippen molar-refractivity contribution in [2.24, 2.45) is 5.92 Å². The number of piperidine rings is 1. The van der Waals surface area contributed by atoms with Gasteiger partial charge in [0.15, 0.2) is 0 Å². The van der Waals surface area contributed by atoms with Gasteiger partial charge < -0.3 is 19.1 Å². The van der Waals surface area contributed by atoms with E-state index in [0.29, 0.717) is 37.2 Å². The van der Waals surface area contributed by atoms with E-state index < -0.39 is 11.6 Å². The van der Waals surface area contributed by atoms with Crippen LogP contribution in [0.1, 0.15) is 62.2 Å². The van der Waals surface area contributed by atoms with Crippen LogP contribution in [0.2, 0.25) is 0 Å². The maximum Gasteiger partial charge on any atom is 0.410 e. The van der Waals surface area contributed by atoms with Crippen molar-refractivity contribution >= 4 is 28.9 Å². The van der Waals surface area contributed by atoms with E-state index >= 15 is 0 Å². The number of aromatic nitrogens is 1. The number of rotatable bonds is 5. The average molecular weight is 457 g/mol.